The fraction of sp³-hybridized carbons (Fsp3) is 0.438. The first-order chi connectivity index (χ1) is 9.60. The van der Waals surface area contributed by atoms with Crippen LogP contribution >= 0.6 is 11.6 Å². The normalized spacial score (nSPS) is 13.3. The maximum absolute atomic E-state index is 6.27. The van der Waals surface area contributed by atoms with Crippen LogP contribution in [0.4, 0.5) is 0 Å². The number of nitrogens with zero attached hydrogens (tertiary/aromatic N) is 2. The molecule has 0 amide bonds. The van der Waals surface area contributed by atoms with Crippen molar-refractivity contribution in [1.29, 1.82) is 0 Å². The first-order valence-electron chi connectivity index (χ1n) is 7.09. The van der Waals surface area contributed by atoms with E-state index in [9.17, 15) is 0 Å². The van der Waals surface area contributed by atoms with E-state index in [1.54, 1.807) is 6.20 Å². The summed E-state index contributed by atoms with van der Waals surface area (Å²) >= 11 is 6.27. The molecule has 0 bridgehead atoms. The molecule has 0 aliphatic carbocycles. The second-order valence-corrected chi connectivity index (χ2v) is 5.62. The summed E-state index contributed by atoms with van der Waals surface area (Å²) in [5.41, 5.74) is 8.15. The van der Waals surface area contributed by atoms with Crippen LogP contribution in [0.15, 0.2) is 30.5 Å². The van der Waals surface area contributed by atoms with E-state index in [-0.39, 0.29) is 6.04 Å². The van der Waals surface area contributed by atoms with Gasteiger partial charge in [0.1, 0.15) is 0 Å². The molecule has 0 aliphatic heterocycles. The third-order valence-electron chi connectivity index (χ3n) is 3.76. The molecule has 1 aromatic heterocycles. The molecule has 0 saturated heterocycles. The van der Waals surface area contributed by atoms with E-state index >= 15 is 0 Å². The molecular formula is C16H22ClN3. The maximum Gasteiger partial charge on any atom is 0.0765 e. The summed E-state index contributed by atoms with van der Waals surface area (Å²) in [5.74, 6) is 0. The number of fused-ring (bicyclic) bond motifs is 1. The number of benzene rings is 1. The molecule has 2 aromatic rings. The Balaban J connectivity index is 2.58. The van der Waals surface area contributed by atoms with Crippen molar-refractivity contribution in [1.82, 2.24) is 9.88 Å². The topological polar surface area (TPSA) is 42.1 Å². The van der Waals surface area contributed by atoms with E-state index in [2.05, 4.69) is 36.7 Å². The summed E-state index contributed by atoms with van der Waals surface area (Å²) in [6, 6.07) is 8.51. The van der Waals surface area contributed by atoms with Crippen LogP contribution in [-0.4, -0.2) is 29.0 Å². The molecule has 2 N–H and O–H groups in total. The van der Waals surface area contributed by atoms with E-state index in [0.29, 0.717) is 12.6 Å². The quantitative estimate of drug-likeness (QED) is 0.915. The summed E-state index contributed by atoms with van der Waals surface area (Å²) in [7, 11) is 0. The number of rotatable bonds is 5. The van der Waals surface area contributed by atoms with Crippen molar-refractivity contribution in [2.24, 2.45) is 5.73 Å². The van der Waals surface area contributed by atoms with Gasteiger partial charge in [-0.1, -0.05) is 24.6 Å². The highest BCUT2D eigenvalue weighted by Crippen LogP contribution is 2.31. The van der Waals surface area contributed by atoms with Crippen LogP contribution in [0.1, 0.15) is 32.4 Å². The highest BCUT2D eigenvalue weighted by Gasteiger charge is 2.22. The lowest BCUT2D eigenvalue weighted by Gasteiger charge is -2.34. The highest BCUT2D eigenvalue weighted by atomic mass is 35.5. The number of hydrogen-bond acceptors (Lipinski definition) is 3. The van der Waals surface area contributed by atoms with E-state index in [0.717, 1.165) is 28.0 Å². The van der Waals surface area contributed by atoms with Crippen LogP contribution in [0.25, 0.3) is 10.9 Å². The van der Waals surface area contributed by atoms with Gasteiger partial charge in [-0.05, 0) is 44.2 Å². The Labute approximate surface area is 125 Å². The Morgan fingerprint density at radius 1 is 1.30 bits per heavy atom. The number of pyridine rings is 1. The Kier molecular flexibility index (Phi) is 4.97. The van der Waals surface area contributed by atoms with Crippen LogP contribution < -0.4 is 5.73 Å². The molecule has 1 aromatic carbocycles. The Hall–Kier alpha value is -1.16. The molecule has 0 fully saturated rings. The molecule has 0 radical (unpaired) electrons. The number of halogens is 1. The molecule has 3 nitrogen and oxygen atoms in total. The second-order valence-electron chi connectivity index (χ2n) is 5.21. The third-order valence-corrected chi connectivity index (χ3v) is 4.09. The van der Waals surface area contributed by atoms with Crippen molar-refractivity contribution in [3.63, 3.8) is 0 Å². The van der Waals surface area contributed by atoms with E-state index in [4.69, 9.17) is 17.3 Å². The lowest BCUT2D eigenvalue weighted by atomic mass is 10.00. The third kappa shape index (κ3) is 2.80. The van der Waals surface area contributed by atoms with E-state index < -0.39 is 0 Å². The van der Waals surface area contributed by atoms with Crippen LogP contribution in [0.3, 0.4) is 0 Å². The van der Waals surface area contributed by atoms with Crippen molar-refractivity contribution in [3.05, 3.63) is 41.0 Å². The zero-order valence-corrected chi connectivity index (χ0v) is 13.1. The van der Waals surface area contributed by atoms with Crippen LogP contribution in [-0.2, 0) is 0 Å². The number of nitrogens with two attached hydrogens (primary N) is 1. The van der Waals surface area contributed by atoms with Gasteiger partial charge in [-0.25, -0.2) is 0 Å². The van der Waals surface area contributed by atoms with Crippen LogP contribution in [0.2, 0.25) is 5.02 Å². The zero-order valence-electron chi connectivity index (χ0n) is 12.3. The fourth-order valence-electron chi connectivity index (χ4n) is 2.82. The van der Waals surface area contributed by atoms with Gasteiger partial charge in [0.05, 0.1) is 5.52 Å². The van der Waals surface area contributed by atoms with Crippen molar-refractivity contribution in [2.75, 3.05) is 13.1 Å². The molecule has 1 atom stereocenters. The van der Waals surface area contributed by atoms with Gasteiger partial charge in [0.25, 0.3) is 0 Å². The minimum Gasteiger partial charge on any atom is -0.329 e. The molecule has 1 unspecified atom stereocenters. The van der Waals surface area contributed by atoms with Gasteiger partial charge in [-0.2, -0.15) is 0 Å². The first kappa shape index (κ1) is 15.2. The molecule has 20 heavy (non-hydrogen) atoms. The highest BCUT2D eigenvalue weighted by molar-refractivity contribution is 6.35. The second kappa shape index (κ2) is 6.53. The monoisotopic (exact) mass is 291 g/mol. The number of hydrogen-bond donors (Lipinski definition) is 1. The van der Waals surface area contributed by atoms with Crippen molar-refractivity contribution in [2.45, 2.75) is 32.9 Å². The molecule has 0 saturated carbocycles. The maximum atomic E-state index is 6.27. The smallest absolute Gasteiger partial charge is 0.0765 e. The van der Waals surface area contributed by atoms with Gasteiger partial charge >= 0.3 is 0 Å². The molecular weight excluding hydrogens is 270 g/mol. The van der Waals surface area contributed by atoms with Crippen molar-refractivity contribution in [3.8, 4) is 0 Å². The lowest BCUT2D eigenvalue weighted by Crippen LogP contribution is -2.38. The minimum atomic E-state index is 0.162. The lowest BCUT2D eigenvalue weighted by molar-refractivity contribution is 0.167. The van der Waals surface area contributed by atoms with Gasteiger partial charge in [0, 0.05) is 35.2 Å². The van der Waals surface area contributed by atoms with E-state index in [1.807, 2.05) is 18.2 Å². The van der Waals surface area contributed by atoms with Gasteiger partial charge in [-0.3, -0.25) is 9.88 Å². The number of likely N-dealkylation sites (N-methyl/N-ethyl adjacent to an activating group) is 1. The Bertz CT molecular complexity index is 583. The molecule has 1 heterocycles. The van der Waals surface area contributed by atoms with Gasteiger partial charge in [-0.15, -0.1) is 0 Å². The first-order valence-corrected chi connectivity index (χ1v) is 7.46. The molecule has 0 spiro atoms. The van der Waals surface area contributed by atoms with E-state index in [1.165, 1.54) is 0 Å². The van der Waals surface area contributed by atoms with Gasteiger partial charge in [0.2, 0.25) is 0 Å². The van der Waals surface area contributed by atoms with Crippen LogP contribution in [0, 0.1) is 0 Å². The summed E-state index contributed by atoms with van der Waals surface area (Å²) in [4.78, 5) is 6.91. The van der Waals surface area contributed by atoms with Gasteiger partial charge < -0.3 is 5.73 Å². The summed E-state index contributed by atoms with van der Waals surface area (Å²) in [6.45, 7) is 8.07. The summed E-state index contributed by atoms with van der Waals surface area (Å²) in [6.07, 6.45) is 1.81. The fourth-order valence-corrected chi connectivity index (χ4v) is 3.03. The molecule has 108 valence electrons. The summed E-state index contributed by atoms with van der Waals surface area (Å²) in [5, 5.41) is 1.73. The molecule has 0 aliphatic rings. The number of aromatic nitrogens is 1. The predicted octanol–water partition coefficient (Wildman–Crippen LogP) is 3.62. The SMILES string of the molecule is CCN(C(C)C)C(CN)c1ccc(Cl)c2cccnc12. The minimum absolute atomic E-state index is 0.162. The van der Waals surface area contributed by atoms with Crippen molar-refractivity contribution >= 4 is 22.5 Å². The standard InChI is InChI=1S/C16H22ClN3/c1-4-20(11(2)3)15(10-18)13-7-8-14(17)12-6-5-9-19-16(12)13/h5-9,11,15H,4,10,18H2,1-3H3. The Morgan fingerprint density at radius 3 is 2.65 bits per heavy atom. The molecule has 2 rings (SSSR count). The average Bonchev–Trinajstić information content (AvgIpc) is 2.45. The average molecular weight is 292 g/mol. The largest absolute Gasteiger partial charge is 0.329 e. The van der Waals surface area contributed by atoms with Gasteiger partial charge in [0.15, 0.2) is 0 Å². The Morgan fingerprint density at radius 2 is 2.05 bits per heavy atom. The summed E-state index contributed by atoms with van der Waals surface area (Å²) < 4.78 is 0. The van der Waals surface area contributed by atoms with Crippen LogP contribution in [0.5, 0.6) is 0 Å². The molecule has 4 heteroatoms. The zero-order chi connectivity index (χ0) is 14.7. The predicted molar refractivity (Wildman–Crippen MR) is 86.1 cm³/mol. The van der Waals surface area contributed by atoms with Crippen molar-refractivity contribution < 1.29 is 0 Å².